The molecule has 6 heterocycles. The average Bonchev–Trinajstić information content (AvgIpc) is 1.54. The van der Waals surface area contributed by atoms with Crippen LogP contribution in [0.1, 0.15) is 11.1 Å². The molecular formula is C82H52N4S2. The lowest BCUT2D eigenvalue weighted by Crippen LogP contribution is -1.97. The molecule has 0 saturated heterocycles. The first kappa shape index (κ1) is 49.5. The van der Waals surface area contributed by atoms with Gasteiger partial charge in [-0.25, -0.2) is 0 Å². The van der Waals surface area contributed by atoms with Crippen molar-refractivity contribution in [2.45, 2.75) is 13.8 Å². The largest absolute Gasteiger partial charge is 0.309 e. The Morgan fingerprint density at radius 3 is 1.01 bits per heavy atom. The molecule has 0 atom stereocenters. The van der Waals surface area contributed by atoms with Gasteiger partial charge in [0.2, 0.25) is 0 Å². The molecule has 0 unspecified atom stereocenters. The third kappa shape index (κ3) is 6.95. The highest BCUT2D eigenvalue weighted by molar-refractivity contribution is 7.26. The van der Waals surface area contributed by atoms with E-state index in [9.17, 15) is 0 Å². The summed E-state index contributed by atoms with van der Waals surface area (Å²) in [5.41, 5.74) is 17.3. The van der Waals surface area contributed by atoms with Gasteiger partial charge in [-0.2, -0.15) is 0 Å². The fourth-order valence-corrected chi connectivity index (χ4v) is 17.4. The number of thiophene rings is 2. The predicted molar refractivity (Wildman–Crippen MR) is 381 cm³/mol. The van der Waals surface area contributed by atoms with Gasteiger partial charge in [0, 0.05) is 117 Å². The summed E-state index contributed by atoms with van der Waals surface area (Å²) in [7, 11) is 0. The van der Waals surface area contributed by atoms with Crippen molar-refractivity contribution in [3.8, 4) is 22.7 Å². The maximum absolute atomic E-state index is 2.54. The molecular weight excluding hydrogens is 1110 g/mol. The number of hydrogen-bond donors (Lipinski definition) is 0. The number of benzene rings is 14. The van der Waals surface area contributed by atoms with Gasteiger partial charge < -0.3 is 18.3 Å². The maximum atomic E-state index is 2.54. The molecule has 14 aromatic carbocycles. The summed E-state index contributed by atoms with van der Waals surface area (Å²) in [4.78, 5) is 0. The third-order valence-electron chi connectivity index (χ3n) is 18.6. The normalized spacial score (nSPS) is 12.2. The summed E-state index contributed by atoms with van der Waals surface area (Å²) in [6.07, 6.45) is 0. The zero-order valence-corrected chi connectivity index (χ0v) is 49.8. The van der Waals surface area contributed by atoms with Crippen LogP contribution in [-0.4, -0.2) is 18.3 Å². The molecule has 0 bridgehead atoms. The number of para-hydroxylation sites is 4. The first-order valence-corrected chi connectivity index (χ1v) is 31.9. The molecule has 6 aromatic heterocycles. The summed E-state index contributed by atoms with van der Waals surface area (Å²) in [6.45, 7) is 4.35. The van der Waals surface area contributed by atoms with Crippen molar-refractivity contribution in [1.29, 1.82) is 0 Å². The van der Waals surface area contributed by atoms with Gasteiger partial charge in [-0.3, -0.25) is 0 Å². The second-order valence-corrected chi connectivity index (χ2v) is 25.7. The second kappa shape index (κ2) is 18.9. The van der Waals surface area contributed by atoms with Gasteiger partial charge in [-0.1, -0.05) is 194 Å². The van der Waals surface area contributed by atoms with Gasteiger partial charge in [0.25, 0.3) is 0 Å². The van der Waals surface area contributed by atoms with Crippen LogP contribution in [-0.2, 0) is 0 Å². The maximum Gasteiger partial charge on any atom is 0.0641 e. The monoisotopic (exact) mass is 1160 g/mol. The van der Waals surface area contributed by atoms with Crippen LogP contribution in [0.25, 0.3) is 172 Å². The van der Waals surface area contributed by atoms with Crippen molar-refractivity contribution >= 4 is 172 Å². The van der Waals surface area contributed by atoms with Crippen molar-refractivity contribution < 1.29 is 0 Å². The second-order valence-electron chi connectivity index (χ2n) is 23.6. The number of aromatic nitrogens is 4. The van der Waals surface area contributed by atoms with Crippen molar-refractivity contribution in [2.24, 2.45) is 0 Å². The van der Waals surface area contributed by atoms with Gasteiger partial charge in [0.1, 0.15) is 0 Å². The van der Waals surface area contributed by atoms with Crippen LogP contribution in [0.2, 0.25) is 0 Å². The van der Waals surface area contributed by atoms with E-state index in [1.807, 2.05) is 22.7 Å². The summed E-state index contributed by atoms with van der Waals surface area (Å²) in [5.74, 6) is 0. The highest BCUT2D eigenvalue weighted by Crippen LogP contribution is 2.51. The minimum Gasteiger partial charge on any atom is -0.309 e. The Bertz CT molecular complexity index is 6340. The molecule has 4 nitrogen and oxygen atoms in total. The van der Waals surface area contributed by atoms with E-state index in [1.165, 1.54) is 183 Å². The number of rotatable bonds is 4. The lowest BCUT2D eigenvalue weighted by atomic mass is 9.99. The van der Waals surface area contributed by atoms with Crippen LogP contribution < -0.4 is 0 Å². The molecule has 0 saturated carbocycles. The minimum atomic E-state index is 1.19. The Hall–Kier alpha value is -10.8. The van der Waals surface area contributed by atoms with Crippen molar-refractivity contribution in [1.82, 2.24) is 18.3 Å². The molecule has 20 aromatic rings. The summed E-state index contributed by atoms with van der Waals surface area (Å²) in [5, 5.41) is 20.7. The third-order valence-corrected chi connectivity index (χ3v) is 21.0. The van der Waals surface area contributed by atoms with E-state index in [-0.39, 0.29) is 0 Å². The predicted octanol–water partition coefficient (Wildman–Crippen LogP) is 23.4. The first-order chi connectivity index (χ1) is 43.5. The SMILES string of the molecule is Cc1cccc(-n2c3ccccc3c3c4c5ccccc5n(-c5ccc6sc7ccccc7c6c5)c4c4ccccc4c32)c1.Cc1cccc(-n2c3ccccc3c3c4c5ccccc5n(-c5cccc6c5sc5ccccc56)c4c4ccccc4c32)c1. The molecule has 412 valence electrons. The molecule has 0 radical (unpaired) electrons. The molecule has 0 aliphatic rings. The number of aryl methyl sites for hydroxylation is 2. The molecule has 0 spiro atoms. The Labute approximate surface area is 513 Å². The molecule has 88 heavy (non-hydrogen) atoms. The Kier molecular flexibility index (Phi) is 10.6. The topological polar surface area (TPSA) is 19.7 Å². The molecule has 0 fully saturated rings. The molecule has 6 heteroatoms. The highest BCUT2D eigenvalue weighted by atomic mass is 32.1. The summed E-state index contributed by atoms with van der Waals surface area (Å²) >= 11 is 3.76. The summed E-state index contributed by atoms with van der Waals surface area (Å²) in [6, 6.07) is 103. The Morgan fingerprint density at radius 1 is 0.227 bits per heavy atom. The first-order valence-electron chi connectivity index (χ1n) is 30.2. The van der Waals surface area contributed by atoms with Crippen molar-refractivity contribution in [3.63, 3.8) is 0 Å². The zero-order chi connectivity index (χ0) is 57.9. The fourth-order valence-electron chi connectivity index (χ4n) is 15.1. The van der Waals surface area contributed by atoms with Gasteiger partial charge in [0.05, 0.1) is 54.5 Å². The number of hydrogen-bond acceptors (Lipinski definition) is 2. The Balaban J connectivity index is 0.000000128. The Morgan fingerprint density at radius 2 is 0.557 bits per heavy atom. The molecule has 0 aliphatic heterocycles. The van der Waals surface area contributed by atoms with Crippen LogP contribution in [0.15, 0.2) is 279 Å². The van der Waals surface area contributed by atoms with E-state index in [0.717, 1.165) is 0 Å². The standard InChI is InChI=1S/2C41H26N2S/c1-25-12-10-13-26(24-25)42-33-20-7-4-17-31(33)37-38-32-18-5-8-21-34(32)43(40(38)29-16-3-2-15-28(29)39(37)42)35-22-11-19-30-27-14-6-9-23-36(27)44-41(30)35;1-25-11-10-12-26(23-25)42-34-18-7-4-16-31(34)38-39-32-17-5-8-19-35(32)43(41(39)30-15-3-2-14-29(30)40(38)42)27-21-22-37-33(24-27)28-13-6-9-20-36(28)44-37/h2*2-24H,1H3. The van der Waals surface area contributed by atoms with Crippen molar-refractivity contribution in [2.75, 3.05) is 0 Å². The summed E-state index contributed by atoms with van der Waals surface area (Å²) < 4.78 is 15.3. The number of nitrogens with zero attached hydrogens (tertiary/aromatic N) is 4. The average molecular weight is 1160 g/mol. The van der Waals surface area contributed by atoms with Gasteiger partial charge in [0.15, 0.2) is 0 Å². The molecule has 20 rings (SSSR count). The molecule has 0 N–H and O–H groups in total. The van der Waals surface area contributed by atoms with E-state index in [0.29, 0.717) is 0 Å². The van der Waals surface area contributed by atoms with Crippen LogP contribution >= 0.6 is 22.7 Å². The van der Waals surface area contributed by atoms with Crippen molar-refractivity contribution in [3.05, 3.63) is 290 Å². The number of fused-ring (bicyclic) bond motifs is 26. The van der Waals surface area contributed by atoms with Crippen LogP contribution in [0, 0.1) is 13.8 Å². The van der Waals surface area contributed by atoms with E-state index < -0.39 is 0 Å². The van der Waals surface area contributed by atoms with Gasteiger partial charge >= 0.3 is 0 Å². The van der Waals surface area contributed by atoms with E-state index in [4.69, 9.17) is 0 Å². The lowest BCUT2D eigenvalue weighted by molar-refractivity contribution is 1.17. The lowest BCUT2D eigenvalue weighted by Gasteiger charge is -2.14. The van der Waals surface area contributed by atoms with Crippen LogP contribution in [0.3, 0.4) is 0 Å². The van der Waals surface area contributed by atoms with E-state index in [2.05, 4.69) is 311 Å². The zero-order valence-electron chi connectivity index (χ0n) is 48.2. The van der Waals surface area contributed by atoms with E-state index >= 15 is 0 Å². The van der Waals surface area contributed by atoms with Crippen LogP contribution in [0.4, 0.5) is 0 Å². The van der Waals surface area contributed by atoms with E-state index in [1.54, 1.807) is 0 Å². The quantitative estimate of drug-likeness (QED) is 0.167. The minimum absolute atomic E-state index is 1.19. The molecule has 0 aliphatic carbocycles. The fraction of sp³-hybridized carbons (Fsp3) is 0.0244. The highest BCUT2D eigenvalue weighted by Gasteiger charge is 2.27. The van der Waals surface area contributed by atoms with Gasteiger partial charge in [-0.15, -0.1) is 22.7 Å². The van der Waals surface area contributed by atoms with Gasteiger partial charge in [-0.05, 0) is 110 Å². The smallest absolute Gasteiger partial charge is 0.0641 e. The molecule has 0 amide bonds. The van der Waals surface area contributed by atoms with Crippen LogP contribution in [0.5, 0.6) is 0 Å².